The molecule has 1 heterocycles. The third-order valence-corrected chi connectivity index (χ3v) is 2.99. The van der Waals surface area contributed by atoms with Crippen LogP contribution in [-0.2, 0) is 7.05 Å². The third-order valence-electron chi connectivity index (χ3n) is 2.99. The molecule has 0 bridgehead atoms. The number of aromatic nitrogens is 2. The van der Waals surface area contributed by atoms with Gasteiger partial charge in [0, 0.05) is 24.6 Å². The molecule has 0 unspecified atom stereocenters. The molecular formula is C14H11N3O3. The average molecular weight is 269 g/mol. The first-order valence-electron chi connectivity index (χ1n) is 5.98. The van der Waals surface area contributed by atoms with Crippen molar-refractivity contribution in [1.29, 1.82) is 0 Å². The molecule has 0 amide bonds. The summed E-state index contributed by atoms with van der Waals surface area (Å²) in [5.74, 6) is 0.759. The Morgan fingerprint density at radius 3 is 2.70 bits per heavy atom. The lowest BCUT2D eigenvalue weighted by Crippen LogP contribution is -1.95. The van der Waals surface area contributed by atoms with Crippen molar-refractivity contribution in [2.45, 2.75) is 0 Å². The van der Waals surface area contributed by atoms with E-state index in [1.165, 1.54) is 6.07 Å². The Labute approximate surface area is 114 Å². The number of aryl methyl sites for hydroxylation is 1. The predicted molar refractivity (Wildman–Crippen MR) is 73.9 cm³/mol. The smallest absolute Gasteiger partial charge is 0.312 e. The summed E-state index contributed by atoms with van der Waals surface area (Å²) in [6, 6.07) is 12.1. The fourth-order valence-corrected chi connectivity index (χ4v) is 2.01. The van der Waals surface area contributed by atoms with E-state index in [9.17, 15) is 10.1 Å². The molecule has 100 valence electrons. The van der Waals surface area contributed by atoms with Crippen LogP contribution in [0.4, 0.5) is 5.69 Å². The molecule has 3 aromatic rings. The Balaban J connectivity index is 2.14. The minimum absolute atomic E-state index is 0.0747. The lowest BCUT2D eigenvalue weighted by Gasteiger charge is -2.06. The van der Waals surface area contributed by atoms with E-state index >= 15 is 0 Å². The molecule has 0 atom stereocenters. The Hall–Kier alpha value is -2.89. The summed E-state index contributed by atoms with van der Waals surface area (Å²) in [5, 5.41) is 16.0. The maximum Gasteiger partial charge on any atom is 0.312 e. The summed E-state index contributed by atoms with van der Waals surface area (Å²) >= 11 is 0. The van der Waals surface area contributed by atoms with Crippen molar-refractivity contribution in [3.8, 4) is 11.5 Å². The average Bonchev–Trinajstić information content (AvgIpc) is 2.80. The molecule has 0 aliphatic heterocycles. The summed E-state index contributed by atoms with van der Waals surface area (Å²) in [4.78, 5) is 10.7. The van der Waals surface area contributed by atoms with E-state index in [1.54, 1.807) is 36.1 Å². The first-order chi connectivity index (χ1) is 9.65. The van der Waals surface area contributed by atoms with Crippen LogP contribution in [0.2, 0.25) is 0 Å². The number of fused-ring (bicyclic) bond motifs is 1. The highest BCUT2D eigenvalue weighted by Crippen LogP contribution is 2.35. The molecule has 0 saturated carbocycles. The molecule has 0 spiro atoms. The summed E-state index contributed by atoms with van der Waals surface area (Å²) in [6.07, 6.45) is 1.59. The first kappa shape index (κ1) is 12.2. The quantitative estimate of drug-likeness (QED) is 0.540. The van der Waals surface area contributed by atoms with E-state index in [-0.39, 0.29) is 11.4 Å². The monoisotopic (exact) mass is 269 g/mol. The normalized spacial score (nSPS) is 10.7. The van der Waals surface area contributed by atoms with Gasteiger partial charge in [-0.25, -0.2) is 0 Å². The van der Waals surface area contributed by atoms with Crippen LogP contribution in [0, 0.1) is 10.1 Å². The van der Waals surface area contributed by atoms with Gasteiger partial charge in [-0.15, -0.1) is 0 Å². The number of hydrogen-bond donors (Lipinski definition) is 0. The van der Waals surface area contributed by atoms with Crippen LogP contribution in [0.15, 0.2) is 48.7 Å². The molecule has 0 aliphatic rings. The van der Waals surface area contributed by atoms with Gasteiger partial charge in [0.1, 0.15) is 5.75 Å². The maximum absolute atomic E-state index is 11.2. The second-order valence-electron chi connectivity index (χ2n) is 4.32. The second kappa shape index (κ2) is 4.65. The Morgan fingerprint density at radius 2 is 2.00 bits per heavy atom. The van der Waals surface area contributed by atoms with Gasteiger partial charge in [-0.2, -0.15) is 5.10 Å². The zero-order valence-corrected chi connectivity index (χ0v) is 10.7. The SMILES string of the molecule is Cn1ncc2cc([N+](=O)[O-])c(Oc3ccccc3)cc21. The first-order valence-corrected chi connectivity index (χ1v) is 5.98. The topological polar surface area (TPSA) is 70.2 Å². The molecule has 6 nitrogen and oxygen atoms in total. The van der Waals surface area contributed by atoms with Crippen molar-refractivity contribution in [3.05, 3.63) is 58.8 Å². The molecule has 0 N–H and O–H groups in total. The van der Waals surface area contributed by atoms with Gasteiger partial charge in [-0.1, -0.05) is 18.2 Å². The number of nitrogens with zero attached hydrogens (tertiary/aromatic N) is 3. The van der Waals surface area contributed by atoms with E-state index in [0.717, 1.165) is 5.52 Å². The van der Waals surface area contributed by atoms with Crippen LogP contribution < -0.4 is 4.74 Å². The number of rotatable bonds is 3. The van der Waals surface area contributed by atoms with E-state index in [2.05, 4.69) is 5.10 Å². The fraction of sp³-hybridized carbons (Fsp3) is 0.0714. The minimum Gasteiger partial charge on any atom is -0.450 e. The van der Waals surface area contributed by atoms with Crippen molar-refractivity contribution in [2.75, 3.05) is 0 Å². The number of ether oxygens (including phenoxy) is 1. The molecule has 1 aromatic heterocycles. The van der Waals surface area contributed by atoms with Gasteiger partial charge in [0.05, 0.1) is 16.6 Å². The van der Waals surface area contributed by atoms with Gasteiger partial charge in [0.25, 0.3) is 0 Å². The molecule has 0 aliphatic carbocycles. The Kier molecular flexibility index (Phi) is 2.83. The van der Waals surface area contributed by atoms with E-state index in [0.29, 0.717) is 11.1 Å². The van der Waals surface area contributed by atoms with E-state index in [1.807, 2.05) is 18.2 Å². The molecule has 6 heteroatoms. The highest BCUT2D eigenvalue weighted by Gasteiger charge is 2.18. The number of hydrogen-bond acceptors (Lipinski definition) is 4. The van der Waals surface area contributed by atoms with E-state index in [4.69, 9.17) is 4.74 Å². The van der Waals surface area contributed by atoms with Crippen LogP contribution >= 0.6 is 0 Å². The summed E-state index contributed by atoms with van der Waals surface area (Å²) < 4.78 is 7.27. The van der Waals surface area contributed by atoms with Crippen LogP contribution in [0.5, 0.6) is 11.5 Å². The number of para-hydroxylation sites is 1. The molecule has 0 fully saturated rings. The van der Waals surface area contributed by atoms with Gasteiger partial charge in [-0.3, -0.25) is 14.8 Å². The minimum atomic E-state index is -0.454. The lowest BCUT2D eigenvalue weighted by atomic mass is 10.2. The van der Waals surface area contributed by atoms with Crippen molar-refractivity contribution in [2.24, 2.45) is 7.05 Å². The van der Waals surface area contributed by atoms with Crippen molar-refractivity contribution >= 4 is 16.6 Å². The molecule has 20 heavy (non-hydrogen) atoms. The number of benzene rings is 2. The zero-order chi connectivity index (χ0) is 14.1. The van der Waals surface area contributed by atoms with Gasteiger partial charge in [-0.05, 0) is 12.1 Å². The molecule has 3 rings (SSSR count). The van der Waals surface area contributed by atoms with Crippen LogP contribution in [0.1, 0.15) is 0 Å². The molecule has 2 aromatic carbocycles. The lowest BCUT2D eigenvalue weighted by molar-refractivity contribution is -0.385. The highest BCUT2D eigenvalue weighted by atomic mass is 16.6. The van der Waals surface area contributed by atoms with Crippen molar-refractivity contribution < 1.29 is 9.66 Å². The van der Waals surface area contributed by atoms with Gasteiger partial charge in [0.2, 0.25) is 5.75 Å². The third kappa shape index (κ3) is 2.07. The molecule has 0 radical (unpaired) electrons. The highest BCUT2D eigenvalue weighted by molar-refractivity contribution is 5.84. The predicted octanol–water partition coefficient (Wildman–Crippen LogP) is 3.27. The number of nitro groups is 1. The maximum atomic E-state index is 11.2. The molecule has 0 saturated heterocycles. The Bertz CT molecular complexity index is 781. The largest absolute Gasteiger partial charge is 0.450 e. The van der Waals surface area contributed by atoms with Gasteiger partial charge in [0.15, 0.2) is 0 Å². The fourth-order valence-electron chi connectivity index (χ4n) is 2.01. The zero-order valence-electron chi connectivity index (χ0n) is 10.7. The van der Waals surface area contributed by atoms with E-state index < -0.39 is 4.92 Å². The second-order valence-corrected chi connectivity index (χ2v) is 4.32. The van der Waals surface area contributed by atoms with Crippen molar-refractivity contribution in [3.63, 3.8) is 0 Å². The number of nitro benzene ring substituents is 1. The van der Waals surface area contributed by atoms with Crippen LogP contribution in [-0.4, -0.2) is 14.7 Å². The Morgan fingerprint density at radius 1 is 1.25 bits per heavy atom. The summed E-state index contributed by atoms with van der Waals surface area (Å²) in [5.41, 5.74) is 0.705. The van der Waals surface area contributed by atoms with Gasteiger partial charge >= 0.3 is 5.69 Å². The standard InChI is InChI=1S/C14H11N3O3/c1-16-12-8-14(20-11-5-3-2-4-6-11)13(17(18)19)7-10(12)9-15-16/h2-9H,1H3. The molecular weight excluding hydrogens is 258 g/mol. The van der Waals surface area contributed by atoms with Crippen molar-refractivity contribution in [1.82, 2.24) is 9.78 Å². The van der Waals surface area contributed by atoms with Crippen LogP contribution in [0.3, 0.4) is 0 Å². The van der Waals surface area contributed by atoms with Gasteiger partial charge < -0.3 is 4.74 Å². The summed E-state index contributed by atoms with van der Waals surface area (Å²) in [6.45, 7) is 0. The van der Waals surface area contributed by atoms with Crippen LogP contribution in [0.25, 0.3) is 10.9 Å². The summed E-state index contributed by atoms with van der Waals surface area (Å²) in [7, 11) is 1.78.